The standard InChI is InChI=1S/C16H27N7O3/c1-21(14(24)4-6-26-2)13-7-11-3-5-22(9-12(11)8-13)15(25)10-23-16(17)18-19-20-23/h11-13H,3-10H2,1-2H3,(H2,17,18,20)/t11-,12-,13+/m1/s1. The van der Waals surface area contributed by atoms with Crippen LogP contribution in [-0.4, -0.2) is 81.7 Å². The number of ether oxygens (including phenoxy) is 1. The Morgan fingerprint density at radius 3 is 2.81 bits per heavy atom. The van der Waals surface area contributed by atoms with Crippen molar-refractivity contribution >= 4 is 17.8 Å². The summed E-state index contributed by atoms with van der Waals surface area (Å²) in [6, 6.07) is 0.250. The molecule has 1 saturated heterocycles. The van der Waals surface area contributed by atoms with Crippen molar-refractivity contribution in [1.29, 1.82) is 0 Å². The van der Waals surface area contributed by atoms with E-state index >= 15 is 0 Å². The number of hydrogen-bond acceptors (Lipinski definition) is 7. The number of aromatic nitrogens is 4. The molecule has 3 atom stereocenters. The molecule has 144 valence electrons. The molecular weight excluding hydrogens is 338 g/mol. The number of nitrogens with two attached hydrogens (primary N) is 1. The second kappa shape index (κ2) is 7.98. The Labute approximate surface area is 152 Å². The molecule has 1 aromatic heterocycles. The van der Waals surface area contributed by atoms with Crippen molar-refractivity contribution in [2.75, 3.05) is 39.6 Å². The molecule has 1 aliphatic heterocycles. The molecule has 26 heavy (non-hydrogen) atoms. The minimum absolute atomic E-state index is 0.0181. The predicted molar refractivity (Wildman–Crippen MR) is 92.7 cm³/mol. The van der Waals surface area contributed by atoms with Gasteiger partial charge in [-0.3, -0.25) is 9.59 Å². The highest BCUT2D eigenvalue weighted by Crippen LogP contribution is 2.40. The Balaban J connectivity index is 1.53. The molecule has 2 N–H and O–H groups in total. The Morgan fingerprint density at radius 2 is 2.12 bits per heavy atom. The second-order valence-corrected chi connectivity index (χ2v) is 7.22. The third kappa shape index (κ3) is 3.95. The second-order valence-electron chi connectivity index (χ2n) is 7.22. The number of tetrazole rings is 1. The van der Waals surface area contributed by atoms with Crippen LogP contribution in [0, 0.1) is 11.8 Å². The van der Waals surface area contributed by atoms with E-state index in [1.54, 1.807) is 7.11 Å². The van der Waals surface area contributed by atoms with E-state index < -0.39 is 0 Å². The van der Waals surface area contributed by atoms with Crippen LogP contribution in [0.25, 0.3) is 0 Å². The number of fused-ring (bicyclic) bond motifs is 1. The lowest BCUT2D eigenvalue weighted by Crippen LogP contribution is -2.43. The van der Waals surface area contributed by atoms with Gasteiger partial charge in [-0.05, 0) is 41.5 Å². The van der Waals surface area contributed by atoms with Crippen molar-refractivity contribution in [2.24, 2.45) is 11.8 Å². The van der Waals surface area contributed by atoms with E-state index in [4.69, 9.17) is 10.5 Å². The van der Waals surface area contributed by atoms with Crippen molar-refractivity contribution in [1.82, 2.24) is 30.0 Å². The first-order valence-corrected chi connectivity index (χ1v) is 9.03. The topological polar surface area (TPSA) is 119 Å². The summed E-state index contributed by atoms with van der Waals surface area (Å²) in [5.41, 5.74) is 5.63. The highest BCUT2D eigenvalue weighted by atomic mass is 16.5. The lowest BCUT2D eigenvalue weighted by Gasteiger charge is -2.34. The predicted octanol–water partition coefficient (Wildman–Crippen LogP) is -0.623. The molecule has 0 unspecified atom stereocenters. The fraction of sp³-hybridized carbons (Fsp3) is 0.812. The van der Waals surface area contributed by atoms with Gasteiger partial charge in [0.1, 0.15) is 6.54 Å². The van der Waals surface area contributed by atoms with Gasteiger partial charge in [0.15, 0.2) is 0 Å². The lowest BCUT2D eigenvalue weighted by molar-refractivity contribution is -0.135. The molecule has 2 heterocycles. The minimum atomic E-state index is -0.0181. The van der Waals surface area contributed by atoms with Crippen LogP contribution in [0.15, 0.2) is 0 Å². The first-order valence-electron chi connectivity index (χ1n) is 9.03. The van der Waals surface area contributed by atoms with E-state index in [1.807, 2.05) is 16.8 Å². The molecular formula is C16H27N7O3. The van der Waals surface area contributed by atoms with Gasteiger partial charge in [0.05, 0.1) is 13.0 Å². The summed E-state index contributed by atoms with van der Waals surface area (Å²) in [6.07, 6.45) is 3.34. The van der Waals surface area contributed by atoms with E-state index in [-0.39, 0.29) is 30.3 Å². The quantitative estimate of drug-likeness (QED) is 0.713. The molecule has 0 spiro atoms. The maximum atomic E-state index is 12.5. The van der Waals surface area contributed by atoms with Crippen LogP contribution < -0.4 is 5.73 Å². The van der Waals surface area contributed by atoms with Crippen molar-refractivity contribution in [3.8, 4) is 0 Å². The molecule has 0 aromatic carbocycles. The number of carbonyl (C=O) groups excluding carboxylic acids is 2. The Bertz CT molecular complexity index is 650. The molecule has 2 fully saturated rings. The summed E-state index contributed by atoms with van der Waals surface area (Å²) < 4.78 is 6.31. The molecule has 1 aromatic rings. The Kier molecular flexibility index (Phi) is 5.70. The number of anilines is 1. The molecule has 10 nitrogen and oxygen atoms in total. The first kappa shape index (κ1) is 18.6. The van der Waals surface area contributed by atoms with Crippen molar-refractivity contribution in [2.45, 2.75) is 38.3 Å². The normalized spacial score (nSPS) is 25.2. The molecule has 10 heteroatoms. The van der Waals surface area contributed by atoms with E-state index in [0.29, 0.717) is 24.9 Å². The van der Waals surface area contributed by atoms with E-state index in [0.717, 1.165) is 32.4 Å². The Morgan fingerprint density at radius 1 is 1.35 bits per heavy atom. The molecule has 1 aliphatic carbocycles. The fourth-order valence-corrected chi connectivity index (χ4v) is 4.12. The van der Waals surface area contributed by atoms with Gasteiger partial charge in [0.25, 0.3) is 0 Å². The zero-order valence-electron chi connectivity index (χ0n) is 15.4. The van der Waals surface area contributed by atoms with Gasteiger partial charge < -0.3 is 20.3 Å². The SMILES string of the molecule is COCCC(=O)N(C)[C@H]1C[C@H]2CCN(C(=O)Cn3nnnc3N)C[C@H]2C1. The molecule has 3 rings (SSSR count). The molecule has 2 aliphatic rings. The largest absolute Gasteiger partial charge is 0.384 e. The van der Waals surface area contributed by atoms with Gasteiger partial charge in [-0.15, -0.1) is 0 Å². The molecule has 2 amide bonds. The van der Waals surface area contributed by atoms with Crippen LogP contribution in [0.2, 0.25) is 0 Å². The number of amides is 2. The van der Waals surface area contributed by atoms with Crippen molar-refractivity contribution in [3.05, 3.63) is 0 Å². The number of rotatable bonds is 6. The monoisotopic (exact) mass is 365 g/mol. The number of nitrogen functional groups attached to an aromatic ring is 1. The van der Waals surface area contributed by atoms with Crippen LogP contribution in [0.5, 0.6) is 0 Å². The van der Waals surface area contributed by atoms with Gasteiger partial charge in [0, 0.05) is 33.3 Å². The number of carbonyl (C=O) groups is 2. The van der Waals surface area contributed by atoms with Crippen molar-refractivity contribution in [3.63, 3.8) is 0 Å². The number of piperidine rings is 1. The third-order valence-electron chi connectivity index (χ3n) is 5.70. The highest BCUT2D eigenvalue weighted by Gasteiger charge is 2.41. The average molecular weight is 365 g/mol. The summed E-state index contributed by atoms with van der Waals surface area (Å²) in [5, 5.41) is 10.8. The maximum Gasteiger partial charge on any atom is 0.244 e. The number of methoxy groups -OCH3 is 1. The number of hydrogen-bond donors (Lipinski definition) is 1. The van der Waals surface area contributed by atoms with Crippen LogP contribution >= 0.6 is 0 Å². The van der Waals surface area contributed by atoms with E-state index in [9.17, 15) is 9.59 Å². The van der Waals surface area contributed by atoms with Gasteiger partial charge in [-0.25, -0.2) is 4.68 Å². The van der Waals surface area contributed by atoms with Crippen LogP contribution in [0.4, 0.5) is 5.95 Å². The van der Waals surface area contributed by atoms with Crippen LogP contribution in [0.1, 0.15) is 25.7 Å². The van der Waals surface area contributed by atoms with Gasteiger partial charge in [0.2, 0.25) is 17.8 Å². The summed E-state index contributed by atoms with van der Waals surface area (Å²) >= 11 is 0. The lowest BCUT2D eigenvalue weighted by atomic mass is 9.89. The van der Waals surface area contributed by atoms with Crippen LogP contribution in [0.3, 0.4) is 0 Å². The first-order chi connectivity index (χ1) is 12.5. The summed E-state index contributed by atoms with van der Waals surface area (Å²) in [6.45, 7) is 1.97. The zero-order valence-corrected chi connectivity index (χ0v) is 15.4. The molecule has 0 radical (unpaired) electrons. The smallest absolute Gasteiger partial charge is 0.244 e. The molecule has 1 saturated carbocycles. The van der Waals surface area contributed by atoms with Crippen molar-refractivity contribution < 1.29 is 14.3 Å². The van der Waals surface area contributed by atoms with Gasteiger partial charge in [-0.1, -0.05) is 5.10 Å². The highest BCUT2D eigenvalue weighted by molar-refractivity contribution is 5.77. The third-order valence-corrected chi connectivity index (χ3v) is 5.70. The van der Waals surface area contributed by atoms with Crippen LogP contribution in [-0.2, 0) is 20.9 Å². The Hall–Kier alpha value is -2.23. The number of nitrogens with zero attached hydrogens (tertiary/aromatic N) is 6. The summed E-state index contributed by atoms with van der Waals surface area (Å²) in [5.74, 6) is 1.25. The minimum Gasteiger partial charge on any atom is -0.384 e. The zero-order chi connectivity index (χ0) is 18.7. The number of likely N-dealkylation sites (tertiary alicyclic amines) is 1. The van der Waals surface area contributed by atoms with Gasteiger partial charge in [-0.2, -0.15) is 0 Å². The van der Waals surface area contributed by atoms with E-state index in [1.165, 1.54) is 4.68 Å². The fourth-order valence-electron chi connectivity index (χ4n) is 4.12. The maximum absolute atomic E-state index is 12.5. The van der Waals surface area contributed by atoms with E-state index in [2.05, 4.69) is 15.5 Å². The molecule has 0 bridgehead atoms. The summed E-state index contributed by atoms with van der Waals surface area (Å²) in [7, 11) is 3.48. The summed E-state index contributed by atoms with van der Waals surface area (Å²) in [4.78, 5) is 28.5. The van der Waals surface area contributed by atoms with Gasteiger partial charge >= 0.3 is 0 Å². The average Bonchev–Trinajstić information content (AvgIpc) is 3.24.